The highest BCUT2D eigenvalue weighted by atomic mass is 35.5. The number of anilines is 1. The molecule has 0 aliphatic carbocycles. The first-order valence-corrected chi connectivity index (χ1v) is 11.7. The maximum absolute atomic E-state index is 12.4. The molecule has 0 bridgehead atoms. The summed E-state index contributed by atoms with van der Waals surface area (Å²) in [7, 11) is 0. The van der Waals surface area contributed by atoms with E-state index in [-0.39, 0.29) is 18.3 Å². The zero-order chi connectivity index (χ0) is 23.3. The van der Waals surface area contributed by atoms with Gasteiger partial charge in [0, 0.05) is 11.6 Å². The predicted molar refractivity (Wildman–Crippen MR) is 131 cm³/mol. The van der Waals surface area contributed by atoms with Crippen LogP contribution in [0.15, 0.2) is 48.1 Å². The van der Waals surface area contributed by atoms with Crippen molar-refractivity contribution in [3.8, 4) is 5.75 Å². The fourth-order valence-corrected chi connectivity index (χ4v) is 4.27. The number of ether oxygens (including phenoxy) is 1. The van der Waals surface area contributed by atoms with Crippen LogP contribution < -0.4 is 10.1 Å². The van der Waals surface area contributed by atoms with Crippen molar-refractivity contribution < 1.29 is 9.53 Å². The number of nitrogens with zero attached hydrogens (tertiary/aromatic N) is 3. The van der Waals surface area contributed by atoms with E-state index < -0.39 is 0 Å². The molecule has 1 amide bonds. The van der Waals surface area contributed by atoms with E-state index in [2.05, 4.69) is 22.1 Å². The highest BCUT2D eigenvalue weighted by Gasteiger charge is 2.16. The van der Waals surface area contributed by atoms with Crippen LogP contribution in [-0.2, 0) is 17.9 Å². The molecule has 3 aromatic rings. The zero-order valence-electron chi connectivity index (χ0n) is 17.5. The van der Waals surface area contributed by atoms with Gasteiger partial charge in [0.1, 0.15) is 12.4 Å². The fourth-order valence-electron chi connectivity index (χ4n) is 2.91. The van der Waals surface area contributed by atoms with Crippen LogP contribution >= 0.6 is 46.6 Å². The monoisotopic (exact) mass is 510 g/mol. The molecule has 0 fully saturated rings. The average Bonchev–Trinajstić information content (AvgIpc) is 3.13. The van der Waals surface area contributed by atoms with Crippen LogP contribution in [0.2, 0.25) is 15.1 Å². The van der Waals surface area contributed by atoms with Gasteiger partial charge >= 0.3 is 0 Å². The van der Waals surface area contributed by atoms with Crippen LogP contribution in [0.5, 0.6) is 5.75 Å². The van der Waals surface area contributed by atoms with E-state index in [0.717, 1.165) is 16.1 Å². The number of rotatable bonds is 9. The summed E-state index contributed by atoms with van der Waals surface area (Å²) >= 11 is 19.7. The summed E-state index contributed by atoms with van der Waals surface area (Å²) in [6, 6.07) is 8.79. The predicted octanol–water partition coefficient (Wildman–Crippen LogP) is 6.35. The maximum atomic E-state index is 12.4. The Morgan fingerprint density at radius 3 is 2.47 bits per heavy atom. The first kappa shape index (κ1) is 24.5. The lowest BCUT2D eigenvalue weighted by molar-refractivity contribution is -0.113. The Bertz CT molecular complexity index is 1110. The second-order valence-corrected chi connectivity index (χ2v) is 9.03. The van der Waals surface area contributed by atoms with Gasteiger partial charge in [0.15, 0.2) is 11.0 Å². The largest absolute Gasteiger partial charge is 0.486 e. The van der Waals surface area contributed by atoms with Gasteiger partial charge < -0.3 is 10.1 Å². The quantitative estimate of drug-likeness (QED) is 0.268. The van der Waals surface area contributed by atoms with Gasteiger partial charge in [-0.05, 0) is 49.2 Å². The number of allylic oxidation sites excluding steroid dienone is 1. The average molecular weight is 512 g/mol. The maximum Gasteiger partial charge on any atom is 0.234 e. The Morgan fingerprint density at radius 2 is 1.84 bits per heavy atom. The lowest BCUT2D eigenvalue weighted by Crippen LogP contribution is -2.15. The van der Waals surface area contributed by atoms with Crippen molar-refractivity contribution >= 4 is 58.2 Å². The summed E-state index contributed by atoms with van der Waals surface area (Å²) in [4.78, 5) is 12.4. The molecule has 1 aromatic heterocycles. The molecular weight excluding hydrogens is 491 g/mol. The highest BCUT2D eigenvalue weighted by Crippen LogP contribution is 2.30. The molecule has 0 saturated carbocycles. The second kappa shape index (κ2) is 11.1. The SMILES string of the molecule is C=CCn1c(COc2cc(C)c(Cl)c(C)c2)nnc1SCC(=O)Nc1c(Cl)cccc1Cl. The summed E-state index contributed by atoms with van der Waals surface area (Å²) < 4.78 is 7.76. The van der Waals surface area contributed by atoms with Gasteiger partial charge in [0.05, 0.1) is 21.5 Å². The van der Waals surface area contributed by atoms with Crippen LogP contribution in [0.25, 0.3) is 0 Å². The number of amides is 1. The van der Waals surface area contributed by atoms with Gasteiger partial charge in [-0.3, -0.25) is 9.36 Å². The number of aryl methyl sites for hydroxylation is 2. The van der Waals surface area contributed by atoms with Crippen molar-refractivity contribution in [1.82, 2.24) is 14.8 Å². The topological polar surface area (TPSA) is 69.0 Å². The van der Waals surface area contributed by atoms with Crippen molar-refractivity contribution in [2.75, 3.05) is 11.1 Å². The molecule has 3 rings (SSSR count). The van der Waals surface area contributed by atoms with E-state index in [1.165, 1.54) is 11.8 Å². The molecule has 0 atom stereocenters. The molecule has 10 heteroatoms. The molecule has 1 heterocycles. The number of halogens is 3. The molecule has 0 spiro atoms. The van der Waals surface area contributed by atoms with E-state index in [1.54, 1.807) is 24.3 Å². The Labute approximate surface area is 205 Å². The Kier molecular flexibility index (Phi) is 8.48. The fraction of sp³-hybridized carbons (Fsp3) is 0.227. The number of carbonyl (C=O) groups is 1. The normalized spacial score (nSPS) is 10.8. The van der Waals surface area contributed by atoms with Gasteiger partial charge in [-0.25, -0.2) is 0 Å². The molecule has 1 N–H and O–H groups in total. The third-order valence-corrected chi connectivity index (χ3v) is 6.64. The number of hydrogen-bond donors (Lipinski definition) is 1. The van der Waals surface area contributed by atoms with Crippen LogP contribution in [0.4, 0.5) is 5.69 Å². The molecule has 6 nitrogen and oxygen atoms in total. The molecule has 32 heavy (non-hydrogen) atoms. The molecule has 0 saturated heterocycles. The van der Waals surface area contributed by atoms with Gasteiger partial charge in [0.25, 0.3) is 0 Å². The van der Waals surface area contributed by atoms with Gasteiger partial charge in [0.2, 0.25) is 5.91 Å². The minimum absolute atomic E-state index is 0.104. The van der Waals surface area contributed by atoms with Crippen molar-refractivity contribution in [3.63, 3.8) is 0 Å². The number of carbonyl (C=O) groups excluding carboxylic acids is 1. The molecule has 0 radical (unpaired) electrons. The third kappa shape index (κ3) is 5.98. The molecular formula is C22H21Cl3N4O2S. The summed E-state index contributed by atoms with van der Waals surface area (Å²) in [5, 5.41) is 13.2. The molecule has 2 aromatic carbocycles. The number of hydrogen-bond acceptors (Lipinski definition) is 5. The number of benzene rings is 2. The Balaban J connectivity index is 1.66. The number of aromatic nitrogens is 3. The molecule has 0 aliphatic rings. The van der Waals surface area contributed by atoms with E-state index in [0.29, 0.717) is 39.0 Å². The van der Waals surface area contributed by atoms with Crippen molar-refractivity contribution in [2.24, 2.45) is 0 Å². The lowest BCUT2D eigenvalue weighted by atomic mass is 10.1. The van der Waals surface area contributed by atoms with E-state index in [1.807, 2.05) is 30.5 Å². The summed E-state index contributed by atoms with van der Waals surface area (Å²) in [6.07, 6.45) is 1.73. The Hall–Kier alpha value is -2.19. The summed E-state index contributed by atoms with van der Waals surface area (Å²) in [6.45, 7) is 8.34. The third-order valence-electron chi connectivity index (χ3n) is 4.44. The molecule has 168 valence electrons. The first-order chi connectivity index (χ1) is 15.3. The molecule has 0 unspecified atom stereocenters. The minimum atomic E-state index is -0.261. The molecule has 0 aliphatic heterocycles. The number of para-hydroxylation sites is 1. The van der Waals surface area contributed by atoms with Gasteiger partial charge in [-0.1, -0.05) is 58.7 Å². The van der Waals surface area contributed by atoms with E-state index in [4.69, 9.17) is 39.5 Å². The standard InChI is InChI=1S/C22H21Cl3N4O2S/c1-4-8-29-18(11-31-15-9-13(2)20(25)14(3)10-15)27-28-22(29)32-12-19(30)26-21-16(23)6-5-7-17(21)24/h4-7,9-10H,1,8,11-12H2,2-3H3,(H,26,30). The summed E-state index contributed by atoms with van der Waals surface area (Å²) in [5.74, 6) is 1.16. The van der Waals surface area contributed by atoms with Crippen LogP contribution in [0, 0.1) is 13.8 Å². The van der Waals surface area contributed by atoms with E-state index >= 15 is 0 Å². The van der Waals surface area contributed by atoms with Gasteiger partial charge in [-0.2, -0.15) is 0 Å². The van der Waals surface area contributed by atoms with Crippen molar-refractivity contribution in [1.29, 1.82) is 0 Å². The minimum Gasteiger partial charge on any atom is -0.486 e. The second-order valence-electron chi connectivity index (χ2n) is 6.89. The van der Waals surface area contributed by atoms with Crippen LogP contribution in [-0.4, -0.2) is 26.4 Å². The zero-order valence-corrected chi connectivity index (χ0v) is 20.6. The summed E-state index contributed by atoms with van der Waals surface area (Å²) in [5.41, 5.74) is 2.27. The van der Waals surface area contributed by atoms with Crippen LogP contribution in [0.1, 0.15) is 17.0 Å². The van der Waals surface area contributed by atoms with Crippen molar-refractivity contribution in [3.05, 3.63) is 75.0 Å². The van der Waals surface area contributed by atoms with Crippen molar-refractivity contribution in [2.45, 2.75) is 32.2 Å². The smallest absolute Gasteiger partial charge is 0.234 e. The van der Waals surface area contributed by atoms with E-state index in [9.17, 15) is 4.79 Å². The lowest BCUT2D eigenvalue weighted by Gasteiger charge is -2.11. The Morgan fingerprint density at radius 1 is 1.19 bits per heavy atom. The van der Waals surface area contributed by atoms with Crippen LogP contribution in [0.3, 0.4) is 0 Å². The number of nitrogens with one attached hydrogen (secondary N) is 1. The highest BCUT2D eigenvalue weighted by molar-refractivity contribution is 7.99. The number of thioether (sulfide) groups is 1. The first-order valence-electron chi connectivity index (χ1n) is 9.59. The van der Waals surface area contributed by atoms with Gasteiger partial charge in [-0.15, -0.1) is 16.8 Å².